The molecule has 0 aliphatic heterocycles. The smallest absolute Gasteiger partial charge is 0.291 e. The van der Waals surface area contributed by atoms with Crippen molar-refractivity contribution in [1.29, 1.82) is 0 Å². The van der Waals surface area contributed by atoms with E-state index in [2.05, 4.69) is 15.4 Å². The number of fused-ring (bicyclic) bond motifs is 1. The van der Waals surface area contributed by atoms with Crippen LogP contribution in [0.1, 0.15) is 5.56 Å². The number of rotatable bonds is 7. The quantitative estimate of drug-likeness (QED) is 0.379. The lowest BCUT2D eigenvalue weighted by Gasteiger charge is -2.11. The number of thiazole rings is 1. The Morgan fingerprint density at radius 1 is 1.21 bits per heavy atom. The van der Waals surface area contributed by atoms with Crippen LogP contribution >= 0.6 is 11.3 Å². The number of carbonyl (C=O) groups excluding carboxylic acids is 1. The van der Waals surface area contributed by atoms with Crippen molar-refractivity contribution in [2.24, 2.45) is 5.14 Å². The molecule has 0 bridgehead atoms. The van der Waals surface area contributed by atoms with Gasteiger partial charge in [0.25, 0.3) is 11.5 Å². The van der Waals surface area contributed by atoms with Crippen molar-refractivity contribution in [1.82, 2.24) is 14.6 Å². The van der Waals surface area contributed by atoms with Gasteiger partial charge < -0.3 is 14.8 Å². The van der Waals surface area contributed by atoms with E-state index in [9.17, 15) is 18.0 Å². The Labute approximate surface area is 191 Å². The van der Waals surface area contributed by atoms with E-state index in [0.29, 0.717) is 32.2 Å². The molecule has 2 heterocycles. The molecular formula is C20H17N5O6S2. The van der Waals surface area contributed by atoms with E-state index in [1.165, 1.54) is 53.6 Å². The summed E-state index contributed by atoms with van der Waals surface area (Å²) >= 11 is 1.22. The molecule has 1 amide bonds. The minimum Gasteiger partial charge on any atom is -0.493 e. The van der Waals surface area contributed by atoms with Crippen molar-refractivity contribution >= 4 is 44.0 Å². The topological polar surface area (TPSA) is 155 Å². The predicted molar refractivity (Wildman–Crippen MR) is 121 cm³/mol. The summed E-state index contributed by atoms with van der Waals surface area (Å²) in [5, 5.41) is 11.5. The summed E-state index contributed by atoms with van der Waals surface area (Å²) < 4.78 is 35.2. The van der Waals surface area contributed by atoms with Gasteiger partial charge in [0.15, 0.2) is 18.1 Å². The van der Waals surface area contributed by atoms with Gasteiger partial charge >= 0.3 is 0 Å². The summed E-state index contributed by atoms with van der Waals surface area (Å²) in [7, 11) is -2.35. The number of sulfonamides is 1. The van der Waals surface area contributed by atoms with Crippen LogP contribution in [0.15, 0.2) is 58.5 Å². The molecule has 0 fully saturated rings. The molecule has 2 aromatic heterocycles. The number of amides is 1. The van der Waals surface area contributed by atoms with Crippen LogP contribution in [0.4, 0.5) is 5.69 Å². The van der Waals surface area contributed by atoms with Crippen molar-refractivity contribution in [3.05, 3.63) is 69.2 Å². The van der Waals surface area contributed by atoms with Crippen molar-refractivity contribution in [2.45, 2.75) is 4.90 Å². The van der Waals surface area contributed by atoms with E-state index in [1.807, 2.05) is 0 Å². The van der Waals surface area contributed by atoms with Crippen LogP contribution in [0.2, 0.25) is 0 Å². The first kappa shape index (κ1) is 22.4. The van der Waals surface area contributed by atoms with Gasteiger partial charge in [-0.05, 0) is 48.0 Å². The molecule has 0 radical (unpaired) electrons. The summed E-state index contributed by atoms with van der Waals surface area (Å²) in [5.74, 6) is 0.252. The molecular weight excluding hydrogens is 470 g/mol. The Morgan fingerprint density at radius 2 is 1.97 bits per heavy atom. The lowest BCUT2D eigenvalue weighted by molar-refractivity contribution is -0.118. The molecule has 4 rings (SSSR count). The summed E-state index contributed by atoms with van der Waals surface area (Å²) in [6, 6.07) is 10.4. The highest BCUT2D eigenvalue weighted by atomic mass is 32.2. The molecule has 2 aromatic carbocycles. The minimum atomic E-state index is -3.81. The third-order valence-electron chi connectivity index (χ3n) is 4.43. The van der Waals surface area contributed by atoms with Crippen LogP contribution in [-0.4, -0.2) is 42.6 Å². The van der Waals surface area contributed by atoms with Gasteiger partial charge in [-0.15, -0.1) is 0 Å². The fourth-order valence-electron chi connectivity index (χ4n) is 2.89. The Morgan fingerprint density at radius 3 is 2.64 bits per heavy atom. The fourth-order valence-corrected chi connectivity index (χ4v) is 4.29. The van der Waals surface area contributed by atoms with Crippen LogP contribution in [0.5, 0.6) is 11.5 Å². The Bertz CT molecular complexity index is 1540. The van der Waals surface area contributed by atoms with Gasteiger partial charge in [-0.2, -0.15) is 9.61 Å². The number of aromatic nitrogens is 3. The van der Waals surface area contributed by atoms with E-state index < -0.39 is 15.9 Å². The zero-order valence-corrected chi connectivity index (χ0v) is 18.7. The Balaban J connectivity index is 1.44. The van der Waals surface area contributed by atoms with Gasteiger partial charge in [0.1, 0.15) is 6.33 Å². The molecule has 0 spiro atoms. The number of primary sulfonamides is 1. The van der Waals surface area contributed by atoms with Crippen molar-refractivity contribution in [3.63, 3.8) is 0 Å². The maximum Gasteiger partial charge on any atom is 0.291 e. The lowest BCUT2D eigenvalue weighted by Crippen LogP contribution is -2.23. The Kier molecular flexibility index (Phi) is 6.09. The van der Waals surface area contributed by atoms with Crippen LogP contribution in [0.25, 0.3) is 11.0 Å². The van der Waals surface area contributed by atoms with E-state index in [4.69, 9.17) is 14.6 Å². The third kappa shape index (κ3) is 5.00. The molecule has 0 unspecified atom stereocenters. The molecule has 11 nitrogen and oxygen atoms in total. The molecule has 13 heteroatoms. The van der Waals surface area contributed by atoms with Gasteiger partial charge in [-0.3, -0.25) is 9.59 Å². The maximum absolute atomic E-state index is 12.3. The molecule has 0 aliphatic rings. The molecule has 0 saturated heterocycles. The number of hydrogen-bond donors (Lipinski definition) is 2. The third-order valence-corrected chi connectivity index (χ3v) is 6.33. The number of anilines is 1. The zero-order chi connectivity index (χ0) is 23.6. The first-order valence-electron chi connectivity index (χ1n) is 9.32. The van der Waals surface area contributed by atoms with Gasteiger partial charge in [0.05, 0.1) is 16.5 Å². The summed E-state index contributed by atoms with van der Waals surface area (Å²) in [6.45, 7) is -0.311. The molecule has 0 saturated carbocycles. The fraction of sp³-hybridized carbons (Fsp3) is 0.100. The number of hydrogen-bond acceptors (Lipinski definition) is 9. The monoisotopic (exact) mass is 487 g/mol. The number of nitrogens with zero attached hydrogens (tertiary/aromatic N) is 3. The van der Waals surface area contributed by atoms with Crippen LogP contribution in [-0.2, 0) is 14.8 Å². The normalized spacial score (nSPS) is 12.1. The van der Waals surface area contributed by atoms with E-state index in [1.54, 1.807) is 24.3 Å². The molecule has 0 atom stereocenters. The summed E-state index contributed by atoms with van der Waals surface area (Å²) in [4.78, 5) is 29.0. The van der Waals surface area contributed by atoms with Gasteiger partial charge in [0, 0.05) is 5.69 Å². The molecule has 4 aromatic rings. The number of methoxy groups -OCH3 is 1. The molecule has 170 valence electrons. The first-order valence-corrected chi connectivity index (χ1v) is 11.7. The number of ether oxygens (including phenoxy) is 2. The number of nitrogens with one attached hydrogen (secondary N) is 1. The van der Waals surface area contributed by atoms with E-state index in [-0.39, 0.29) is 17.1 Å². The first-order chi connectivity index (χ1) is 15.7. The molecule has 33 heavy (non-hydrogen) atoms. The summed E-state index contributed by atoms with van der Waals surface area (Å²) in [6.07, 6.45) is 3.01. The van der Waals surface area contributed by atoms with Gasteiger partial charge in [-0.1, -0.05) is 17.4 Å². The standard InChI is InChI=1S/C20H17N5O6S2/c1-30-16-8-12(9-17-19(27)25-20(32-17)22-11-23-25)2-7-15(16)31-10-18(26)24-13-3-5-14(6-4-13)33(21,28)29/h2-9,11H,10H2,1H3,(H,24,26)(H2,21,28,29)/b17-9-. The second-order valence-corrected chi connectivity index (χ2v) is 9.26. The lowest BCUT2D eigenvalue weighted by atomic mass is 10.2. The zero-order valence-electron chi connectivity index (χ0n) is 17.1. The van der Waals surface area contributed by atoms with Crippen LogP contribution in [0, 0.1) is 0 Å². The largest absolute Gasteiger partial charge is 0.493 e. The molecule has 3 N–H and O–H groups in total. The minimum absolute atomic E-state index is 0.0599. The van der Waals surface area contributed by atoms with Crippen molar-refractivity contribution in [2.75, 3.05) is 19.0 Å². The highest BCUT2D eigenvalue weighted by Gasteiger charge is 2.11. The number of nitrogens with two attached hydrogens (primary N) is 1. The highest BCUT2D eigenvalue weighted by molar-refractivity contribution is 7.89. The second kappa shape index (κ2) is 8.97. The average molecular weight is 488 g/mol. The van der Waals surface area contributed by atoms with Crippen LogP contribution in [0.3, 0.4) is 0 Å². The Hall–Kier alpha value is -3.81. The average Bonchev–Trinajstić information content (AvgIpc) is 3.35. The van der Waals surface area contributed by atoms with Crippen LogP contribution < -0.4 is 30.0 Å². The number of benzene rings is 2. The SMILES string of the molecule is COc1cc(/C=c2\sc3ncnn3c2=O)ccc1OCC(=O)Nc1ccc(S(N)(=O)=O)cc1. The van der Waals surface area contributed by atoms with Gasteiger partial charge in [0.2, 0.25) is 15.0 Å². The summed E-state index contributed by atoms with van der Waals surface area (Å²) in [5.41, 5.74) is 0.818. The predicted octanol–water partition coefficient (Wildman–Crippen LogP) is 0.372. The van der Waals surface area contributed by atoms with Crippen molar-refractivity contribution in [3.8, 4) is 11.5 Å². The molecule has 0 aliphatic carbocycles. The van der Waals surface area contributed by atoms with E-state index in [0.717, 1.165) is 0 Å². The number of carbonyl (C=O) groups is 1. The maximum atomic E-state index is 12.3. The van der Waals surface area contributed by atoms with Gasteiger partial charge in [-0.25, -0.2) is 18.5 Å². The van der Waals surface area contributed by atoms with Crippen molar-refractivity contribution < 1.29 is 22.7 Å². The highest BCUT2D eigenvalue weighted by Crippen LogP contribution is 2.28. The van der Waals surface area contributed by atoms with E-state index >= 15 is 0 Å². The second-order valence-electron chi connectivity index (χ2n) is 6.69.